The van der Waals surface area contributed by atoms with Gasteiger partial charge in [0, 0.05) is 34.9 Å². The fourth-order valence-corrected chi connectivity index (χ4v) is 2.31. The highest BCUT2D eigenvalue weighted by molar-refractivity contribution is 14.1. The molecule has 0 unspecified atom stereocenters. The van der Waals surface area contributed by atoms with Gasteiger partial charge in [-0.15, -0.1) is 0 Å². The van der Waals surface area contributed by atoms with Crippen LogP contribution < -0.4 is 0 Å². The molecular formula is C9H18IN. The second kappa shape index (κ2) is 4.65. The Morgan fingerprint density at radius 3 is 2.18 bits per heavy atom. The third kappa shape index (κ3) is 2.90. The Kier molecular flexibility index (Phi) is 4.13. The molecule has 66 valence electrons. The van der Waals surface area contributed by atoms with E-state index in [0.29, 0.717) is 6.04 Å². The minimum absolute atomic E-state index is 0.707. The maximum absolute atomic E-state index is 2.50. The van der Waals surface area contributed by atoms with E-state index in [1.165, 1.54) is 32.1 Å². The van der Waals surface area contributed by atoms with Crippen molar-refractivity contribution in [2.24, 2.45) is 0 Å². The second-order valence-corrected chi connectivity index (χ2v) is 4.84. The Bertz CT molecular complexity index is 108. The molecule has 2 heteroatoms. The van der Waals surface area contributed by atoms with Crippen LogP contribution in [0.2, 0.25) is 0 Å². The molecule has 0 aromatic rings. The largest absolute Gasteiger partial charge is 0.242 e. The summed E-state index contributed by atoms with van der Waals surface area (Å²) < 4.78 is 2.50. The van der Waals surface area contributed by atoms with Crippen LogP contribution in [0.4, 0.5) is 0 Å². The summed E-state index contributed by atoms with van der Waals surface area (Å²) in [5.74, 6) is 0. The van der Waals surface area contributed by atoms with Crippen LogP contribution in [0.1, 0.15) is 46.0 Å². The van der Waals surface area contributed by atoms with Crippen molar-refractivity contribution in [3.63, 3.8) is 0 Å². The lowest BCUT2D eigenvalue weighted by molar-refractivity contribution is 0.260. The van der Waals surface area contributed by atoms with Crippen LogP contribution in [0.5, 0.6) is 0 Å². The average Bonchev–Trinajstić information content (AvgIpc) is 2.05. The summed E-state index contributed by atoms with van der Waals surface area (Å²) in [6, 6.07) is 1.57. The van der Waals surface area contributed by atoms with Gasteiger partial charge in [0.25, 0.3) is 0 Å². The predicted octanol–water partition coefficient (Wildman–Crippen LogP) is 3.38. The predicted molar refractivity (Wildman–Crippen MR) is 57.9 cm³/mol. The first-order valence-corrected chi connectivity index (χ1v) is 5.62. The fraction of sp³-hybridized carbons (Fsp3) is 1.00. The fourth-order valence-electron chi connectivity index (χ4n) is 1.75. The molecule has 0 aromatic heterocycles. The van der Waals surface area contributed by atoms with Crippen LogP contribution >= 0.6 is 22.9 Å². The lowest BCUT2D eigenvalue weighted by Crippen LogP contribution is -2.33. The molecule has 11 heavy (non-hydrogen) atoms. The molecule has 0 bridgehead atoms. The van der Waals surface area contributed by atoms with Crippen molar-refractivity contribution < 1.29 is 0 Å². The minimum Gasteiger partial charge on any atom is -0.242 e. The molecule has 0 spiro atoms. The van der Waals surface area contributed by atoms with Gasteiger partial charge in [0.1, 0.15) is 0 Å². The summed E-state index contributed by atoms with van der Waals surface area (Å²) in [4.78, 5) is 0. The molecule has 0 heterocycles. The van der Waals surface area contributed by atoms with Gasteiger partial charge in [0.2, 0.25) is 0 Å². The third-order valence-corrected chi connectivity index (χ3v) is 4.32. The van der Waals surface area contributed by atoms with Crippen LogP contribution in [0, 0.1) is 0 Å². The van der Waals surface area contributed by atoms with Crippen molar-refractivity contribution in [2.45, 2.75) is 58.0 Å². The van der Waals surface area contributed by atoms with Crippen LogP contribution in [0.15, 0.2) is 0 Å². The van der Waals surface area contributed by atoms with E-state index in [1.807, 2.05) is 0 Å². The molecule has 0 radical (unpaired) electrons. The number of halogens is 1. The van der Waals surface area contributed by atoms with Crippen molar-refractivity contribution in [2.75, 3.05) is 0 Å². The molecule has 1 aliphatic rings. The Hall–Kier alpha value is 0.690. The third-order valence-electron chi connectivity index (χ3n) is 2.42. The van der Waals surface area contributed by atoms with E-state index in [1.54, 1.807) is 0 Å². The Morgan fingerprint density at radius 1 is 1.18 bits per heavy atom. The van der Waals surface area contributed by atoms with E-state index in [2.05, 4.69) is 39.8 Å². The maximum atomic E-state index is 2.50. The highest BCUT2D eigenvalue weighted by Gasteiger charge is 2.20. The zero-order valence-electron chi connectivity index (χ0n) is 7.52. The Labute approximate surface area is 84.0 Å². The smallest absolute Gasteiger partial charge is 0.0207 e. The quantitative estimate of drug-likeness (QED) is 0.547. The van der Waals surface area contributed by atoms with Gasteiger partial charge in [-0.1, -0.05) is 19.3 Å². The van der Waals surface area contributed by atoms with E-state index < -0.39 is 0 Å². The summed E-state index contributed by atoms with van der Waals surface area (Å²) in [5.41, 5.74) is 0. The molecule has 1 nitrogen and oxygen atoms in total. The van der Waals surface area contributed by atoms with Crippen molar-refractivity contribution in [3.05, 3.63) is 0 Å². The van der Waals surface area contributed by atoms with E-state index >= 15 is 0 Å². The second-order valence-electron chi connectivity index (χ2n) is 3.73. The van der Waals surface area contributed by atoms with E-state index in [9.17, 15) is 0 Å². The molecule has 0 aromatic carbocycles. The van der Waals surface area contributed by atoms with Gasteiger partial charge in [-0.2, -0.15) is 0 Å². The summed E-state index contributed by atoms with van der Waals surface area (Å²) in [7, 11) is 0. The van der Waals surface area contributed by atoms with Crippen molar-refractivity contribution in [1.29, 1.82) is 0 Å². The molecule has 0 amide bonds. The SMILES string of the molecule is CC(C)N(I)C1CCCCC1. The van der Waals surface area contributed by atoms with E-state index in [0.717, 1.165) is 6.04 Å². The first-order valence-electron chi connectivity index (χ1n) is 4.66. The highest BCUT2D eigenvalue weighted by atomic mass is 127. The van der Waals surface area contributed by atoms with Gasteiger partial charge in [-0.05, 0) is 26.7 Å². The van der Waals surface area contributed by atoms with Crippen molar-refractivity contribution in [3.8, 4) is 0 Å². The van der Waals surface area contributed by atoms with Gasteiger partial charge in [0.05, 0.1) is 0 Å². The molecule has 1 fully saturated rings. The van der Waals surface area contributed by atoms with Gasteiger partial charge >= 0.3 is 0 Å². The number of hydrogen-bond donors (Lipinski definition) is 0. The topological polar surface area (TPSA) is 3.24 Å². The van der Waals surface area contributed by atoms with E-state index in [-0.39, 0.29) is 0 Å². The van der Waals surface area contributed by atoms with Crippen LogP contribution in [-0.2, 0) is 0 Å². The number of rotatable bonds is 2. The van der Waals surface area contributed by atoms with Crippen LogP contribution in [0.25, 0.3) is 0 Å². The highest BCUT2D eigenvalue weighted by Crippen LogP contribution is 2.26. The van der Waals surface area contributed by atoms with Gasteiger partial charge in [-0.3, -0.25) is 0 Å². The molecule has 1 aliphatic carbocycles. The first-order chi connectivity index (χ1) is 5.22. The monoisotopic (exact) mass is 267 g/mol. The normalized spacial score (nSPS) is 21.5. The molecule has 0 atom stereocenters. The number of nitrogens with zero attached hydrogens (tertiary/aromatic N) is 1. The van der Waals surface area contributed by atoms with Gasteiger partial charge in [0.15, 0.2) is 0 Å². The lowest BCUT2D eigenvalue weighted by Gasteiger charge is -2.31. The summed E-state index contributed by atoms with van der Waals surface area (Å²) in [5, 5.41) is 0. The zero-order valence-corrected chi connectivity index (χ0v) is 9.67. The molecule has 0 saturated heterocycles. The lowest BCUT2D eigenvalue weighted by atomic mass is 9.95. The van der Waals surface area contributed by atoms with Gasteiger partial charge in [-0.25, -0.2) is 3.11 Å². The summed E-state index contributed by atoms with van der Waals surface area (Å²) in [6.45, 7) is 4.56. The molecule has 0 aliphatic heterocycles. The van der Waals surface area contributed by atoms with Crippen molar-refractivity contribution in [1.82, 2.24) is 3.11 Å². The molecule has 1 rings (SSSR count). The Morgan fingerprint density at radius 2 is 1.73 bits per heavy atom. The van der Waals surface area contributed by atoms with E-state index in [4.69, 9.17) is 0 Å². The van der Waals surface area contributed by atoms with Gasteiger partial charge < -0.3 is 0 Å². The first kappa shape index (κ1) is 9.78. The molecular weight excluding hydrogens is 249 g/mol. The molecule has 1 saturated carbocycles. The van der Waals surface area contributed by atoms with Crippen LogP contribution in [-0.4, -0.2) is 15.2 Å². The Balaban J connectivity index is 2.32. The maximum Gasteiger partial charge on any atom is 0.0207 e. The molecule has 0 N–H and O–H groups in total. The standard InChI is InChI=1S/C9H18IN/c1-8(2)11(10)9-6-4-3-5-7-9/h8-9H,3-7H2,1-2H3. The number of hydrogen-bond acceptors (Lipinski definition) is 1. The zero-order chi connectivity index (χ0) is 8.27. The summed E-state index contributed by atoms with van der Waals surface area (Å²) in [6.07, 6.45) is 7.18. The van der Waals surface area contributed by atoms with Crippen molar-refractivity contribution >= 4 is 22.9 Å². The van der Waals surface area contributed by atoms with Crippen LogP contribution in [0.3, 0.4) is 0 Å². The average molecular weight is 267 g/mol. The summed E-state index contributed by atoms with van der Waals surface area (Å²) >= 11 is 2.48. The minimum atomic E-state index is 0.707.